The van der Waals surface area contributed by atoms with E-state index < -0.39 is 29.8 Å². The molecule has 2 N–H and O–H groups in total. The van der Waals surface area contributed by atoms with Gasteiger partial charge in [-0.1, -0.05) is 0 Å². The zero-order chi connectivity index (χ0) is 11.6. The van der Waals surface area contributed by atoms with Gasteiger partial charge in [0, 0.05) is 0 Å². The second-order valence-electron chi connectivity index (χ2n) is 4.32. The van der Waals surface area contributed by atoms with Gasteiger partial charge in [-0.25, -0.2) is 9.59 Å². The van der Waals surface area contributed by atoms with Crippen LogP contribution >= 0.6 is 0 Å². The maximum atomic E-state index is 11.3. The smallest absolute Gasteiger partial charge is 0.408 e. The summed E-state index contributed by atoms with van der Waals surface area (Å²) >= 11 is 0. The second kappa shape index (κ2) is 4.06. The van der Waals surface area contributed by atoms with Gasteiger partial charge in [-0.3, -0.25) is 0 Å². The van der Waals surface area contributed by atoms with Crippen molar-refractivity contribution in [2.24, 2.45) is 0 Å². The molecule has 0 saturated carbocycles. The maximum Gasteiger partial charge on any atom is 0.408 e. The van der Waals surface area contributed by atoms with Crippen LogP contribution < -0.4 is 5.32 Å². The summed E-state index contributed by atoms with van der Waals surface area (Å²) in [4.78, 5) is 22.3. The molecule has 1 aliphatic heterocycles. The van der Waals surface area contributed by atoms with Crippen molar-refractivity contribution in [2.45, 2.75) is 38.5 Å². The lowest BCUT2D eigenvalue weighted by Gasteiger charge is -2.21. The van der Waals surface area contributed by atoms with Gasteiger partial charge in [-0.2, -0.15) is 0 Å². The first-order chi connectivity index (χ1) is 6.79. The maximum absolute atomic E-state index is 11.3. The van der Waals surface area contributed by atoms with E-state index in [1.165, 1.54) is 0 Å². The lowest BCUT2D eigenvalue weighted by atomic mass is 10.2. The van der Waals surface area contributed by atoms with E-state index in [1.807, 2.05) is 0 Å². The third-order valence-corrected chi connectivity index (χ3v) is 1.71. The molecule has 1 fully saturated rings. The van der Waals surface area contributed by atoms with Crippen molar-refractivity contribution >= 4 is 12.1 Å². The van der Waals surface area contributed by atoms with Crippen LogP contribution in [0.4, 0.5) is 4.79 Å². The average molecular weight is 217 g/mol. The van der Waals surface area contributed by atoms with Gasteiger partial charge in [0.15, 0.2) is 6.04 Å². The minimum absolute atomic E-state index is 0.0979. The predicted octanol–water partition coefficient (Wildman–Crippen LogP) is -0.203. The fourth-order valence-corrected chi connectivity index (χ4v) is 1.10. The Hall–Kier alpha value is -1.30. The third kappa shape index (κ3) is 3.39. The molecule has 6 heteroatoms. The normalized spacial score (nSPS) is 26.0. The molecular formula is C9H15NO5. The Kier molecular flexibility index (Phi) is 3.18. The molecule has 0 radical (unpaired) electrons. The van der Waals surface area contributed by atoms with Crippen molar-refractivity contribution in [1.82, 2.24) is 5.32 Å². The van der Waals surface area contributed by atoms with Gasteiger partial charge < -0.3 is 19.9 Å². The van der Waals surface area contributed by atoms with Gasteiger partial charge in [-0.05, 0) is 20.8 Å². The molecule has 0 aliphatic carbocycles. The minimum Gasteiger partial charge on any atom is -0.461 e. The van der Waals surface area contributed by atoms with Gasteiger partial charge >= 0.3 is 12.1 Å². The standard InChI is InChI=1S/C9H15NO5/c1-9(2,3)15-8(13)10-6-5(11)4-14-7(6)12/h5-6,11H,4H2,1-3H3,(H,10,13)/t5-,6-/m0/s1. The number of cyclic esters (lactones) is 1. The van der Waals surface area contributed by atoms with E-state index in [0.717, 1.165) is 0 Å². The summed E-state index contributed by atoms with van der Waals surface area (Å²) in [5, 5.41) is 11.5. The molecule has 86 valence electrons. The zero-order valence-electron chi connectivity index (χ0n) is 8.94. The number of aliphatic hydroxyl groups excluding tert-OH is 1. The van der Waals surface area contributed by atoms with E-state index in [-0.39, 0.29) is 6.61 Å². The number of aliphatic hydroxyl groups is 1. The number of ether oxygens (including phenoxy) is 2. The Balaban J connectivity index is 2.48. The van der Waals surface area contributed by atoms with E-state index in [2.05, 4.69) is 10.1 Å². The van der Waals surface area contributed by atoms with Gasteiger partial charge in [0.2, 0.25) is 0 Å². The van der Waals surface area contributed by atoms with Gasteiger partial charge in [-0.15, -0.1) is 0 Å². The van der Waals surface area contributed by atoms with Gasteiger partial charge in [0.25, 0.3) is 0 Å². The van der Waals surface area contributed by atoms with E-state index >= 15 is 0 Å². The summed E-state index contributed by atoms with van der Waals surface area (Å²) < 4.78 is 9.48. The number of hydrogen-bond donors (Lipinski definition) is 2. The number of alkyl carbamates (subject to hydrolysis) is 1. The van der Waals surface area contributed by atoms with Crippen LogP contribution in [0.3, 0.4) is 0 Å². The number of rotatable bonds is 1. The zero-order valence-corrected chi connectivity index (χ0v) is 8.94. The van der Waals surface area contributed by atoms with Crippen LogP contribution in [0.2, 0.25) is 0 Å². The molecule has 1 aliphatic rings. The van der Waals surface area contributed by atoms with Crippen molar-refractivity contribution in [3.8, 4) is 0 Å². The lowest BCUT2D eigenvalue weighted by Crippen LogP contribution is -2.46. The predicted molar refractivity (Wildman–Crippen MR) is 50.1 cm³/mol. The molecule has 1 amide bonds. The second-order valence-corrected chi connectivity index (χ2v) is 4.32. The Labute approximate surface area is 87.5 Å². The van der Waals surface area contributed by atoms with E-state index in [1.54, 1.807) is 20.8 Å². The topological polar surface area (TPSA) is 84.9 Å². The Bertz CT molecular complexity index is 270. The Morgan fingerprint density at radius 1 is 1.60 bits per heavy atom. The summed E-state index contributed by atoms with van der Waals surface area (Å²) in [6.45, 7) is 5.02. The van der Waals surface area contributed by atoms with Crippen molar-refractivity contribution in [1.29, 1.82) is 0 Å². The van der Waals surface area contributed by atoms with E-state index in [0.29, 0.717) is 0 Å². The molecule has 6 nitrogen and oxygen atoms in total. The number of nitrogens with one attached hydrogen (secondary N) is 1. The molecule has 15 heavy (non-hydrogen) atoms. The fraction of sp³-hybridized carbons (Fsp3) is 0.778. The molecule has 2 atom stereocenters. The van der Waals surface area contributed by atoms with E-state index in [9.17, 15) is 14.7 Å². The number of esters is 1. The average Bonchev–Trinajstić information content (AvgIpc) is 2.32. The van der Waals surface area contributed by atoms with Gasteiger partial charge in [0.1, 0.15) is 18.3 Å². The first kappa shape index (κ1) is 11.8. The fourth-order valence-electron chi connectivity index (χ4n) is 1.10. The molecule has 0 unspecified atom stereocenters. The molecule has 0 aromatic carbocycles. The molecule has 0 aromatic heterocycles. The molecule has 0 bridgehead atoms. The van der Waals surface area contributed by atoms with Crippen molar-refractivity contribution in [3.05, 3.63) is 0 Å². The highest BCUT2D eigenvalue weighted by Gasteiger charge is 2.37. The van der Waals surface area contributed by atoms with Gasteiger partial charge in [0.05, 0.1) is 0 Å². The molecular weight excluding hydrogens is 202 g/mol. The summed E-state index contributed by atoms with van der Waals surface area (Å²) in [5.41, 5.74) is -0.641. The number of hydrogen-bond acceptors (Lipinski definition) is 5. The summed E-state index contributed by atoms with van der Waals surface area (Å²) in [6, 6.07) is -1.03. The SMILES string of the molecule is CC(C)(C)OC(=O)N[C@@H]1C(=O)OC[C@@H]1O. The molecule has 0 aromatic rings. The summed E-state index contributed by atoms with van der Waals surface area (Å²) in [7, 11) is 0. The molecule has 1 rings (SSSR count). The first-order valence-electron chi connectivity index (χ1n) is 4.64. The van der Waals surface area contributed by atoms with Crippen LogP contribution in [0, 0.1) is 0 Å². The highest BCUT2D eigenvalue weighted by Crippen LogP contribution is 2.10. The molecule has 1 saturated heterocycles. The Morgan fingerprint density at radius 3 is 2.60 bits per heavy atom. The Morgan fingerprint density at radius 2 is 2.20 bits per heavy atom. The van der Waals surface area contributed by atoms with Crippen LogP contribution in [0.5, 0.6) is 0 Å². The first-order valence-corrected chi connectivity index (χ1v) is 4.64. The molecule has 1 heterocycles. The summed E-state index contributed by atoms with van der Waals surface area (Å²) in [5.74, 6) is -0.645. The van der Waals surface area contributed by atoms with Crippen LogP contribution in [0.25, 0.3) is 0 Å². The van der Waals surface area contributed by atoms with Crippen LogP contribution in [0.1, 0.15) is 20.8 Å². The third-order valence-electron chi connectivity index (χ3n) is 1.71. The van der Waals surface area contributed by atoms with Crippen LogP contribution in [-0.4, -0.2) is 41.5 Å². The molecule has 0 spiro atoms. The number of carbonyl (C=O) groups excluding carboxylic acids is 2. The number of carbonyl (C=O) groups is 2. The van der Waals surface area contributed by atoms with Crippen LogP contribution in [0.15, 0.2) is 0 Å². The monoisotopic (exact) mass is 217 g/mol. The highest BCUT2D eigenvalue weighted by molar-refractivity contribution is 5.83. The quantitative estimate of drug-likeness (QED) is 0.594. The summed E-state index contributed by atoms with van der Waals surface area (Å²) in [6.07, 6.45) is -1.75. The lowest BCUT2D eigenvalue weighted by molar-refractivity contribution is -0.139. The van der Waals surface area contributed by atoms with Crippen molar-refractivity contribution < 1.29 is 24.2 Å². The largest absolute Gasteiger partial charge is 0.461 e. The van der Waals surface area contributed by atoms with Crippen molar-refractivity contribution in [2.75, 3.05) is 6.61 Å². The van der Waals surface area contributed by atoms with E-state index in [4.69, 9.17) is 4.74 Å². The number of amides is 1. The van der Waals surface area contributed by atoms with Crippen molar-refractivity contribution in [3.63, 3.8) is 0 Å². The highest BCUT2D eigenvalue weighted by atomic mass is 16.6. The minimum atomic E-state index is -1.03. The van der Waals surface area contributed by atoms with Crippen LogP contribution in [-0.2, 0) is 14.3 Å².